The first-order chi connectivity index (χ1) is 12.8. The average molecular weight is 493 g/mol. The summed E-state index contributed by atoms with van der Waals surface area (Å²) >= 11 is 0. The second kappa shape index (κ2) is 12.4. The van der Waals surface area contributed by atoms with Crippen molar-refractivity contribution in [1.29, 1.82) is 0 Å². The first kappa shape index (κ1) is 23.2. The fourth-order valence-electron chi connectivity index (χ4n) is 4.67. The van der Waals surface area contributed by atoms with Crippen LogP contribution >= 0.6 is 24.0 Å². The summed E-state index contributed by atoms with van der Waals surface area (Å²) in [5.41, 5.74) is 0. The number of likely N-dealkylation sites (tertiary alicyclic amines) is 1. The van der Waals surface area contributed by atoms with E-state index in [9.17, 15) is 0 Å². The number of nitrogens with zero attached hydrogens (tertiary/aromatic N) is 3. The van der Waals surface area contributed by atoms with Crippen LogP contribution in [0.3, 0.4) is 0 Å². The third kappa shape index (κ3) is 7.01. The summed E-state index contributed by atoms with van der Waals surface area (Å²) < 4.78 is 6.04. The van der Waals surface area contributed by atoms with Gasteiger partial charge < -0.3 is 15.4 Å². The Morgan fingerprint density at radius 2 is 2.00 bits per heavy atom. The highest BCUT2D eigenvalue weighted by Crippen LogP contribution is 2.22. The molecule has 0 saturated carbocycles. The van der Waals surface area contributed by atoms with E-state index in [0.717, 1.165) is 51.3 Å². The monoisotopic (exact) mass is 493 g/mol. The molecule has 3 unspecified atom stereocenters. The van der Waals surface area contributed by atoms with Gasteiger partial charge in [-0.15, -0.1) is 24.0 Å². The van der Waals surface area contributed by atoms with E-state index in [2.05, 4.69) is 34.3 Å². The van der Waals surface area contributed by atoms with Crippen LogP contribution in [-0.2, 0) is 4.74 Å². The third-order valence-corrected chi connectivity index (χ3v) is 6.17. The number of nitrogens with one attached hydrogen (secondary N) is 2. The van der Waals surface area contributed by atoms with Crippen molar-refractivity contribution in [2.45, 2.75) is 70.6 Å². The van der Waals surface area contributed by atoms with Gasteiger partial charge in [0.05, 0.1) is 19.3 Å². The van der Waals surface area contributed by atoms with Crippen molar-refractivity contribution in [2.75, 3.05) is 52.4 Å². The Hall–Kier alpha value is -0.120. The van der Waals surface area contributed by atoms with E-state index < -0.39 is 0 Å². The molecule has 0 bridgehead atoms. The Labute approximate surface area is 182 Å². The average Bonchev–Trinajstić information content (AvgIpc) is 3.14. The molecule has 7 heteroatoms. The molecule has 3 heterocycles. The summed E-state index contributed by atoms with van der Waals surface area (Å²) in [7, 11) is 0. The molecule has 3 atom stereocenters. The highest BCUT2D eigenvalue weighted by atomic mass is 127. The topological polar surface area (TPSA) is 52.1 Å². The lowest BCUT2D eigenvalue weighted by molar-refractivity contribution is -0.0432. The fraction of sp³-hybridized carbons (Fsp3) is 0.950. The molecule has 0 aromatic heterocycles. The van der Waals surface area contributed by atoms with Gasteiger partial charge in [0.2, 0.25) is 0 Å². The Bertz CT molecular complexity index is 450. The third-order valence-electron chi connectivity index (χ3n) is 6.17. The predicted molar refractivity (Wildman–Crippen MR) is 123 cm³/mol. The minimum Gasteiger partial charge on any atom is -0.373 e. The van der Waals surface area contributed by atoms with Crippen molar-refractivity contribution in [3.8, 4) is 0 Å². The molecule has 3 fully saturated rings. The van der Waals surface area contributed by atoms with E-state index in [1.807, 2.05) is 0 Å². The van der Waals surface area contributed by atoms with Crippen molar-refractivity contribution in [3.63, 3.8) is 0 Å². The zero-order chi connectivity index (χ0) is 18.2. The number of halogens is 1. The largest absolute Gasteiger partial charge is 0.373 e. The fourth-order valence-corrected chi connectivity index (χ4v) is 4.67. The van der Waals surface area contributed by atoms with Gasteiger partial charge in [-0.25, -0.2) is 0 Å². The number of rotatable bonds is 7. The molecule has 2 N–H and O–H groups in total. The van der Waals surface area contributed by atoms with Gasteiger partial charge >= 0.3 is 0 Å². The van der Waals surface area contributed by atoms with Crippen LogP contribution < -0.4 is 10.6 Å². The quantitative estimate of drug-likeness (QED) is 0.324. The number of morpholine rings is 1. The molecule has 0 amide bonds. The maximum atomic E-state index is 6.04. The Morgan fingerprint density at radius 3 is 2.81 bits per heavy atom. The lowest BCUT2D eigenvalue weighted by Crippen LogP contribution is -2.48. The summed E-state index contributed by atoms with van der Waals surface area (Å²) in [6, 6.07) is 1.44. The highest BCUT2D eigenvalue weighted by molar-refractivity contribution is 14.0. The normalized spacial score (nSPS) is 29.9. The van der Waals surface area contributed by atoms with Crippen molar-refractivity contribution < 1.29 is 4.74 Å². The molecule has 158 valence electrons. The standard InChI is InChI=1S/C20H39N5O.HI/c1-3-17-8-5-6-11-24(17)13-10-22-20(21-4-2)23-14-19-15-25-12-7-9-18(25)16-26-19;/h17-19H,3-16H2,1-2H3,(H2,21,22,23);1H. The van der Waals surface area contributed by atoms with Gasteiger partial charge in [-0.05, 0) is 52.1 Å². The van der Waals surface area contributed by atoms with Gasteiger partial charge in [-0.3, -0.25) is 14.8 Å². The molecule has 3 rings (SSSR count). The maximum absolute atomic E-state index is 6.04. The Balaban J connectivity index is 0.00000261. The minimum absolute atomic E-state index is 0. The number of fused-ring (bicyclic) bond motifs is 1. The van der Waals surface area contributed by atoms with Gasteiger partial charge in [-0.1, -0.05) is 13.3 Å². The van der Waals surface area contributed by atoms with Gasteiger partial charge in [0.25, 0.3) is 0 Å². The lowest BCUT2D eigenvalue weighted by atomic mass is 10.0. The zero-order valence-electron chi connectivity index (χ0n) is 17.3. The van der Waals surface area contributed by atoms with E-state index in [1.54, 1.807) is 0 Å². The molecule has 27 heavy (non-hydrogen) atoms. The molecule has 0 aliphatic carbocycles. The van der Waals surface area contributed by atoms with Crippen LogP contribution in [0.5, 0.6) is 0 Å². The predicted octanol–water partition coefficient (Wildman–Crippen LogP) is 2.29. The van der Waals surface area contributed by atoms with Crippen molar-refractivity contribution in [3.05, 3.63) is 0 Å². The first-order valence-corrected chi connectivity index (χ1v) is 10.9. The summed E-state index contributed by atoms with van der Waals surface area (Å²) in [6.07, 6.45) is 8.24. The molecular formula is C20H40IN5O. The second-order valence-electron chi connectivity index (χ2n) is 7.99. The highest BCUT2D eigenvalue weighted by Gasteiger charge is 2.32. The Morgan fingerprint density at radius 1 is 1.11 bits per heavy atom. The van der Waals surface area contributed by atoms with E-state index in [1.165, 1.54) is 51.6 Å². The van der Waals surface area contributed by atoms with Gasteiger partial charge in [0.15, 0.2) is 5.96 Å². The molecule has 0 aromatic rings. The van der Waals surface area contributed by atoms with Crippen LogP contribution in [-0.4, -0.2) is 86.4 Å². The smallest absolute Gasteiger partial charge is 0.191 e. The molecule has 0 spiro atoms. The molecule has 6 nitrogen and oxygen atoms in total. The molecule has 3 saturated heterocycles. The van der Waals surface area contributed by atoms with Crippen LogP contribution in [0.1, 0.15) is 52.4 Å². The van der Waals surface area contributed by atoms with Crippen LogP contribution in [0.4, 0.5) is 0 Å². The second-order valence-corrected chi connectivity index (χ2v) is 7.99. The number of ether oxygens (including phenoxy) is 1. The lowest BCUT2D eigenvalue weighted by Gasteiger charge is -2.35. The maximum Gasteiger partial charge on any atom is 0.191 e. The van der Waals surface area contributed by atoms with E-state index in [4.69, 9.17) is 9.73 Å². The summed E-state index contributed by atoms with van der Waals surface area (Å²) in [6.45, 7) is 12.6. The molecule has 3 aliphatic rings. The molecule has 0 radical (unpaired) electrons. The molecule has 3 aliphatic heterocycles. The van der Waals surface area contributed by atoms with E-state index in [-0.39, 0.29) is 30.1 Å². The van der Waals surface area contributed by atoms with Gasteiger partial charge in [-0.2, -0.15) is 0 Å². The van der Waals surface area contributed by atoms with E-state index in [0.29, 0.717) is 6.04 Å². The van der Waals surface area contributed by atoms with Crippen LogP contribution in [0.2, 0.25) is 0 Å². The number of hydrogen-bond donors (Lipinski definition) is 2. The minimum atomic E-state index is 0. The van der Waals surface area contributed by atoms with Gasteiger partial charge in [0, 0.05) is 38.3 Å². The van der Waals surface area contributed by atoms with E-state index >= 15 is 0 Å². The summed E-state index contributed by atoms with van der Waals surface area (Å²) in [5.74, 6) is 0.935. The number of aliphatic imine (C=N–C) groups is 1. The molecular weight excluding hydrogens is 453 g/mol. The van der Waals surface area contributed by atoms with Gasteiger partial charge in [0.1, 0.15) is 0 Å². The van der Waals surface area contributed by atoms with Crippen LogP contribution in [0.25, 0.3) is 0 Å². The number of hydrogen-bond acceptors (Lipinski definition) is 4. The van der Waals surface area contributed by atoms with Crippen LogP contribution in [0, 0.1) is 0 Å². The van der Waals surface area contributed by atoms with Crippen molar-refractivity contribution in [2.24, 2.45) is 4.99 Å². The molecule has 0 aromatic carbocycles. The number of piperidine rings is 1. The Kier molecular flexibility index (Phi) is 10.7. The number of guanidine groups is 1. The van der Waals surface area contributed by atoms with Crippen LogP contribution in [0.15, 0.2) is 4.99 Å². The van der Waals surface area contributed by atoms with Crippen molar-refractivity contribution in [1.82, 2.24) is 20.4 Å². The van der Waals surface area contributed by atoms with Crippen molar-refractivity contribution >= 4 is 29.9 Å². The summed E-state index contributed by atoms with van der Waals surface area (Å²) in [4.78, 5) is 10.0. The summed E-state index contributed by atoms with van der Waals surface area (Å²) in [5, 5.41) is 6.91. The SMILES string of the molecule is CCNC(=NCC1CN2CCCC2CO1)NCCN1CCCCC1CC.I. The zero-order valence-corrected chi connectivity index (χ0v) is 19.6. The first-order valence-electron chi connectivity index (χ1n) is 10.9.